The number of ether oxygens (including phenoxy) is 3. The second-order valence-corrected chi connectivity index (χ2v) is 16.5. The minimum Gasteiger partial charge on any atom is -0.497 e. The third-order valence-corrected chi connectivity index (χ3v) is 11.2. The molecule has 2 aliphatic heterocycles. The number of fused-ring (bicyclic) bond motifs is 1. The number of rotatable bonds is 8. The van der Waals surface area contributed by atoms with Crippen molar-refractivity contribution in [3.05, 3.63) is 29.8 Å². The van der Waals surface area contributed by atoms with Crippen molar-refractivity contribution in [3.63, 3.8) is 0 Å². The molecule has 0 saturated carbocycles. The van der Waals surface area contributed by atoms with Gasteiger partial charge in [0.15, 0.2) is 11.9 Å². The fourth-order valence-electron chi connectivity index (χ4n) is 7.30. The van der Waals surface area contributed by atoms with Gasteiger partial charge in [0, 0.05) is 20.0 Å². The number of methoxy groups -OCH3 is 1. The van der Waals surface area contributed by atoms with Gasteiger partial charge in [0.25, 0.3) is 0 Å². The van der Waals surface area contributed by atoms with Gasteiger partial charge >= 0.3 is 11.9 Å². The third kappa shape index (κ3) is 12.2. The smallest absolute Gasteiger partial charge is 0.329 e. The van der Waals surface area contributed by atoms with Gasteiger partial charge in [-0.05, 0) is 68.6 Å². The summed E-state index contributed by atoms with van der Waals surface area (Å²) in [4.78, 5) is 99.7. The van der Waals surface area contributed by atoms with Crippen molar-refractivity contribution in [2.75, 3.05) is 20.7 Å². The van der Waals surface area contributed by atoms with Crippen molar-refractivity contribution in [1.82, 2.24) is 20.4 Å². The number of aliphatic hydroxyl groups excluding tert-OH is 1. The van der Waals surface area contributed by atoms with Crippen LogP contribution < -0.4 is 21.1 Å². The zero-order valence-electron chi connectivity index (χ0n) is 35.7. The van der Waals surface area contributed by atoms with Gasteiger partial charge in [-0.2, -0.15) is 0 Å². The molecule has 16 nitrogen and oxygen atoms in total. The largest absolute Gasteiger partial charge is 0.497 e. The van der Waals surface area contributed by atoms with Crippen LogP contribution in [-0.4, -0.2) is 125 Å². The molecule has 10 atom stereocenters. The highest BCUT2D eigenvalue weighted by atomic mass is 16.6. The van der Waals surface area contributed by atoms with E-state index in [1.807, 2.05) is 20.8 Å². The summed E-state index contributed by atoms with van der Waals surface area (Å²) in [5.74, 6) is -6.77. The zero-order chi connectivity index (χ0) is 43.6. The number of benzene rings is 1. The van der Waals surface area contributed by atoms with Crippen molar-refractivity contribution in [2.24, 2.45) is 29.4 Å². The van der Waals surface area contributed by atoms with E-state index < -0.39 is 108 Å². The minimum atomic E-state index is -1.47. The Hall–Kier alpha value is -4.57. The van der Waals surface area contributed by atoms with Crippen LogP contribution in [0, 0.1) is 23.7 Å². The molecule has 0 unspecified atom stereocenters. The van der Waals surface area contributed by atoms with E-state index in [1.165, 1.54) is 37.8 Å². The van der Waals surface area contributed by atoms with Crippen LogP contribution in [0.5, 0.6) is 5.75 Å². The Labute approximate surface area is 342 Å². The molecule has 0 bridgehead atoms. The number of cyclic esters (lactones) is 2. The molecular formula is C42H65N5O11. The maximum atomic E-state index is 14.4. The van der Waals surface area contributed by atoms with Crippen LogP contribution >= 0.6 is 0 Å². The van der Waals surface area contributed by atoms with E-state index in [4.69, 9.17) is 19.9 Å². The first kappa shape index (κ1) is 47.8. The van der Waals surface area contributed by atoms with E-state index in [2.05, 4.69) is 10.6 Å². The summed E-state index contributed by atoms with van der Waals surface area (Å²) in [6.45, 7) is 13.7. The summed E-state index contributed by atoms with van der Waals surface area (Å²) in [6, 6.07) is 1.21. The average Bonchev–Trinajstić information content (AvgIpc) is 3.68. The summed E-state index contributed by atoms with van der Waals surface area (Å²) >= 11 is 0. The van der Waals surface area contributed by atoms with Crippen LogP contribution in [0.1, 0.15) is 93.1 Å². The molecule has 324 valence electrons. The number of hydrogen-bond acceptors (Lipinski definition) is 12. The summed E-state index contributed by atoms with van der Waals surface area (Å²) < 4.78 is 16.7. The van der Waals surface area contributed by atoms with Crippen molar-refractivity contribution in [1.29, 1.82) is 0 Å². The van der Waals surface area contributed by atoms with Gasteiger partial charge in [0.2, 0.25) is 23.6 Å². The standard InChI is InChI=1S/C42H65N5O11/c1-11-24(6)35-32(48)21-33(49)58-37(23(4)5)36(50)25(7)38(51)44-29(19-22(2)3)40(53)47-18-12-13-30(47)41(54)46(9)31(20-27-14-16-28(56-10)17-15-27)42(55)57-26(8)34(43)39(52)45-35/h14-17,22-26,29-32,34-35,37,48H,11-13,18-21,43H2,1-10H3,(H,44,51)(H,45,52)/t24-,25-,26+,29-,30-,31-,32-,34-,35+,37-/m0/s1. The van der Waals surface area contributed by atoms with Gasteiger partial charge in [-0.1, -0.05) is 60.1 Å². The van der Waals surface area contributed by atoms with Crippen molar-refractivity contribution >= 4 is 41.4 Å². The molecule has 0 radical (unpaired) electrons. The summed E-state index contributed by atoms with van der Waals surface area (Å²) in [6.07, 6.45) is -3.15. The quantitative estimate of drug-likeness (QED) is 0.218. The molecule has 0 aromatic heterocycles. The predicted octanol–water partition coefficient (Wildman–Crippen LogP) is 1.91. The van der Waals surface area contributed by atoms with Crippen LogP contribution in [0.3, 0.4) is 0 Å². The monoisotopic (exact) mass is 815 g/mol. The van der Waals surface area contributed by atoms with E-state index >= 15 is 0 Å². The lowest BCUT2D eigenvalue weighted by atomic mass is 9.91. The summed E-state index contributed by atoms with van der Waals surface area (Å²) in [5.41, 5.74) is 7.01. The number of likely N-dealkylation sites (N-methyl/N-ethyl adjacent to an activating group) is 1. The molecule has 3 rings (SSSR count). The maximum Gasteiger partial charge on any atom is 0.329 e. The third-order valence-electron chi connectivity index (χ3n) is 11.2. The molecule has 58 heavy (non-hydrogen) atoms. The van der Waals surface area contributed by atoms with Gasteiger partial charge in [-0.15, -0.1) is 0 Å². The SMILES string of the molecule is CC[C@H](C)[C@H]1NC(=O)[C@@H](N)[C@@H](C)OC(=O)[C@H](Cc2ccc(OC)cc2)N(C)C(=O)[C@@H]2CCCN2C(=O)[C@H](CC(C)C)NC(=O)[C@@H](C)C(=O)[C@H](C(C)C)OC(=O)C[C@@H]1O. The number of Topliss-reactive ketones (excluding diaryl/α,β-unsaturated/α-hetero) is 1. The van der Waals surface area contributed by atoms with Crippen molar-refractivity contribution < 1.29 is 52.9 Å². The Morgan fingerprint density at radius 1 is 0.931 bits per heavy atom. The molecule has 4 amide bonds. The topological polar surface area (TPSA) is 224 Å². The average molecular weight is 816 g/mol. The highest BCUT2D eigenvalue weighted by Crippen LogP contribution is 2.25. The predicted molar refractivity (Wildman–Crippen MR) is 214 cm³/mol. The molecule has 2 aliphatic rings. The fraction of sp³-hybridized carbons (Fsp3) is 0.690. The molecule has 0 aliphatic carbocycles. The second kappa shape index (κ2) is 21.4. The highest BCUT2D eigenvalue weighted by Gasteiger charge is 2.43. The van der Waals surface area contributed by atoms with Gasteiger partial charge < -0.3 is 45.5 Å². The Kier molecular flexibility index (Phi) is 17.7. The molecular weight excluding hydrogens is 750 g/mol. The van der Waals surface area contributed by atoms with Crippen molar-refractivity contribution in [2.45, 2.75) is 142 Å². The number of nitrogens with zero attached hydrogens (tertiary/aromatic N) is 2. The molecule has 1 aromatic rings. The molecule has 1 aromatic carbocycles. The maximum absolute atomic E-state index is 14.4. The molecule has 2 fully saturated rings. The van der Waals surface area contributed by atoms with Gasteiger partial charge in [-0.25, -0.2) is 4.79 Å². The van der Waals surface area contributed by atoms with E-state index in [9.17, 15) is 38.7 Å². The molecule has 5 N–H and O–H groups in total. The number of esters is 2. The van der Waals surface area contributed by atoms with Crippen LogP contribution in [0.15, 0.2) is 24.3 Å². The van der Waals surface area contributed by atoms with E-state index in [0.29, 0.717) is 30.6 Å². The number of carbonyl (C=O) groups excluding carboxylic acids is 7. The van der Waals surface area contributed by atoms with Gasteiger partial charge in [-0.3, -0.25) is 28.8 Å². The molecule has 2 heterocycles. The minimum absolute atomic E-state index is 0.00753. The summed E-state index contributed by atoms with van der Waals surface area (Å²) in [5, 5.41) is 16.7. The Morgan fingerprint density at radius 2 is 1.57 bits per heavy atom. The second-order valence-electron chi connectivity index (χ2n) is 16.5. The molecule has 0 spiro atoms. The highest BCUT2D eigenvalue weighted by molar-refractivity contribution is 6.05. The number of aliphatic hydroxyl groups is 1. The number of nitrogens with one attached hydrogen (secondary N) is 2. The van der Waals surface area contributed by atoms with Gasteiger partial charge in [0.05, 0.1) is 31.6 Å². The van der Waals surface area contributed by atoms with Crippen LogP contribution in [0.25, 0.3) is 0 Å². The summed E-state index contributed by atoms with van der Waals surface area (Å²) in [7, 11) is 2.97. The van der Waals surface area contributed by atoms with Crippen molar-refractivity contribution in [3.8, 4) is 5.75 Å². The Bertz CT molecular complexity index is 1620. The Morgan fingerprint density at radius 3 is 2.14 bits per heavy atom. The van der Waals surface area contributed by atoms with Gasteiger partial charge in [0.1, 0.15) is 36.0 Å². The lowest BCUT2D eigenvalue weighted by Gasteiger charge is -2.35. The molecule has 16 heteroatoms. The Balaban J connectivity index is 2.11. The number of amides is 4. The first-order valence-corrected chi connectivity index (χ1v) is 20.4. The van der Waals surface area contributed by atoms with E-state index in [0.717, 1.165) is 0 Å². The first-order chi connectivity index (χ1) is 27.2. The van der Waals surface area contributed by atoms with Crippen LogP contribution in [-0.2, 0) is 49.5 Å². The lowest BCUT2D eigenvalue weighted by Crippen LogP contribution is -2.58. The fourth-order valence-corrected chi connectivity index (χ4v) is 7.30. The lowest BCUT2D eigenvalue weighted by molar-refractivity contribution is -0.162. The molecule has 2 saturated heterocycles. The number of ketones is 1. The number of hydrogen-bond donors (Lipinski definition) is 4. The van der Waals surface area contributed by atoms with Crippen LogP contribution in [0.4, 0.5) is 0 Å². The van der Waals surface area contributed by atoms with Crippen LogP contribution in [0.2, 0.25) is 0 Å². The number of nitrogens with two attached hydrogens (primary N) is 1. The number of carbonyl (C=O) groups is 7. The normalized spacial score (nSPS) is 29.8. The van der Waals surface area contributed by atoms with E-state index in [-0.39, 0.29) is 31.2 Å². The van der Waals surface area contributed by atoms with E-state index in [1.54, 1.807) is 45.0 Å². The zero-order valence-corrected chi connectivity index (χ0v) is 35.7. The first-order valence-electron chi connectivity index (χ1n) is 20.4.